The maximum absolute atomic E-state index is 12.7. The van der Waals surface area contributed by atoms with E-state index in [9.17, 15) is 30.5 Å². The number of nitrogens with zero attached hydrogens (tertiary/aromatic N) is 6. The third-order valence-electron chi connectivity index (χ3n) is 9.02. The lowest BCUT2D eigenvalue weighted by Crippen LogP contribution is -2.15. The number of halogens is 1. The molecule has 0 aliphatic carbocycles. The lowest BCUT2D eigenvalue weighted by atomic mass is 10.1. The number of fused-ring (bicyclic) bond motifs is 1. The molecule has 328 valence electrons. The lowest BCUT2D eigenvalue weighted by molar-refractivity contribution is 0.396. The number of anilines is 2. The first-order valence-corrected chi connectivity index (χ1v) is 23.6. The summed E-state index contributed by atoms with van der Waals surface area (Å²) in [4.78, 5) is 4.43. The molecule has 6 aromatic rings. The van der Waals surface area contributed by atoms with Gasteiger partial charge in [0.25, 0.3) is 30.4 Å². The summed E-state index contributed by atoms with van der Waals surface area (Å²) in [6.45, 7) is 1.53. The first-order chi connectivity index (χ1) is 30.5. The number of nitrogens with one attached hydrogen (secondary N) is 3. The van der Waals surface area contributed by atoms with Gasteiger partial charge >= 0.3 is 0 Å². The van der Waals surface area contributed by atoms with Gasteiger partial charge in [0.05, 0.1) is 42.4 Å². The van der Waals surface area contributed by atoms with Gasteiger partial charge in [-0.1, -0.05) is 53.3 Å². The summed E-state index contributed by atoms with van der Waals surface area (Å²) in [6, 6.07) is 29.5. The number of hydrogen-bond acceptors (Lipinski definition) is 18. The molecule has 0 radical (unpaired) electrons. The Hall–Kier alpha value is -6.55. The summed E-state index contributed by atoms with van der Waals surface area (Å²) >= 11 is 7.19. The van der Waals surface area contributed by atoms with Crippen LogP contribution in [0, 0.1) is 16.7 Å². The number of allylic oxidation sites excluding steroid dienone is 1. The van der Waals surface area contributed by atoms with E-state index in [0.717, 1.165) is 32.7 Å². The van der Waals surface area contributed by atoms with Crippen molar-refractivity contribution in [3.8, 4) is 17.3 Å². The van der Waals surface area contributed by atoms with Gasteiger partial charge in [-0.3, -0.25) is 18.0 Å². The van der Waals surface area contributed by atoms with Crippen LogP contribution in [-0.4, -0.2) is 57.4 Å². The SMILES string of the molecule is COS(=O)(=O)c1ccc(N/C=C(N=Nc2nc(-c3ccc(Cl)cc3)c(N=Nc3ccc4cccc(S(=O)(=O)OC)c4c3)s2)/C(C)=C(/C#N)C(=N)Nc2ccc(S(=O)(=O)OC)cc2)cc1. The largest absolute Gasteiger partial charge is 0.360 e. The van der Waals surface area contributed by atoms with Crippen molar-refractivity contribution in [2.75, 3.05) is 32.0 Å². The van der Waals surface area contributed by atoms with Crippen LogP contribution in [0.5, 0.6) is 0 Å². The van der Waals surface area contributed by atoms with E-state index in [2.05, 4.69) is 44.4 Å². The van der Waals surface area contributed by atoms with Crippen LogP contribution in [0.3, 0.4) is 0 Å². The predicted molar refractivity (Wildman–Crippen MR) is 242 cm³/mol. The zero-order valence-corrected chi connectivity index (χ0v) is 37.9. The molecule has 23 heteroatoms. The summed E-state index contributed by atoms with van der Waals surface area (Å²) in [7, 11) is -8.81. The van der Waals surface area contributed by atoms with Crippen molar-refractivity contribution in [3.63, 3.8) is 0 Å². The van der Waals surface area contributed by atoms with E-state index in [-0.39, 0.29) is 42.5 Å². The maximum Gasteiger partial charge on any atom is 0.297 e. The highest BCUT2D eigenvalue weighted by atomic mass is 35.5. The molecule has 18 nitrogen and oxygen atoms in total. The molecule has 1 aromatic heterocycles. The van der Waals surface area contributed by atoms with E-state index >= 15 is 0 Å². The zero-order valence-electron chi connectivity index (χ0n) is 33.8. The van der Waals surface area contributed by atoms with E-state index in [1.54, 1.807) is 54.6 Å². The number of amidine groups is 1. The Kier molecular flexibility index (Phi) is 14.6. The summed E-state index contributed by atoms with van der Waals surface area (Å²) in [5.74, 6) is -0.361. The number of azo groups is 2. The molecule has 0 atom stereocenters. The van der Waals surface area contributed by atoms with Gasteiger partial charge in [0.2, 0.25) is 5.13 Å². The minimum atomic E-state index is -4.04. The van der Waals surface area contributed by atoms with Gasteiger partial charge in [-0.2, -0.15) is 30.5 Å². The van der Waals surface area contributed by atoms with E-state index in [4.69, 9.17) is 21.2 Å². The lowest BCUT2D eigenvalue weighted by Gasteiger charge is -2.11. The van der Waals surface area contributed by atoms with Gasteiger partial charge in [0.15, 0.2) is 5.00 Å². The van der Waals surface area contributed by atoms with Crippen molar-refractivity contribution < 1.29 is 37.8 Å². The number of thiazole rings is 1. The van der Waals surface area contributed by atoms with E-state index in [1.807, 2.05) is 6.07 Å². The second-order valence-corrected chi connectivity index (χ2v) is 19.4. The molecular formula is C41H34ClN9O9S4. The van der Waals surface area contributed by atoms with Crippen molar-refractivity contribution in [1.29, 1.82) is 10.7 Å². The highest BCUT2D eigenvalue weighted by molar-refractivity contribution is 7.87. The Labute approximate surface area is 377 Å². The van der Waals surface area contributed by atoms with Crippen molar-refractivity contribution in [2.45, 2.75) is 21.6 Å². The average molecular weight is 960 g/mol. The topological polar surface area (TPSA) is 264 Å². The maximum atomic E-state index is 12.7. The average Bonchev–Trinajstić information content (AvgIpc) is 3.71. The molecule has 64 heavy (non-hydrogen) atoms. The van der Waals surface area contributed by atoms with Crippen molar-refractivity contribution in [2.24, 2.45) is 20.5 Å². The molecule has 6 rings (SSSR count). The van der Waals surface area contributed by atoms with Crippen LogP contribution in [-0.2, 0) is 42.9 Å². The quantitative estimate of drug-likeness (QED) is 0.0204. The number of rotatable bonds is 16. The van der Waals surface area contributed by atoms with Crippen LogP contribution in [0.15, 0.2) is 167 Å². The molecule has 0 spiro atoms. The molecule has 3 N–H and O–H groups in total. The second-order valence-electron chi connectivity index (χ2n) is 12.9. The molecule has 0 saturated heterocycles. The smallest absolute Gasteiger partial charge is 0.297 e. The van der Waals surface area contributed by atoms with Gasteiger partial charge in [-0.15, -0.1) is 20.5 Å². The van der Waals surface area contributed by atoms with Gasteiger partial charge < -0.3 is 10.6 Å². The normalized spacial score (nSPS) is 13.0. The van der Waals surface area contributed by atoms with Crippen molar-refractivity contribution >= 4 is 97.1 Å². The van der Waals surface area contributed by atoms with Crippen LogP contribution in [0.2, 0.25) is 5.02 Å². The molecule has 0 amide bonds. The van der Waals surface area contributed by atoms with Crippen LogP contribution < -0.4 is 10.6 Å². The predicted octanol–water partition coefficient (Wildman–Crippen LogP) is 10.0. The van der Waals surface area contributed by atoms with Crippen LogP contribution >= 0.6 is 22.9 Å². The summed E-state index contributed by atoms with van der Waals surface area (Å²) in [6.07, 6.45) is 1.39. The first-order valence-electron chi connectivity index (χ1n) is 18.2. The van der Waals surface area contributed by atoms with Crippen LogP contribution in [0.4, 0.5) is 27.2 Å². The molecular weight excluding hydrogens is 926 g/mol. The summed E-state index contributed by atoms with van der Waals surface area (Å²) < 4.78 is 87.8. The minimum Gasteiger partial charge on any atom is -0.360 e. The summed E-state index contributed by atoms with van der Waals surface area (Å²) in [5, 5.41) is 44.4. The fourth-order valence-corrected chi connectivity index (χ4v) is 8.70. The molecule has 0 bridgehead atoms. The number of benzene rings is 5. The van der Waals surface area contributed by atoms with Crippen molar-refractivity contribution in [3.05, 3.63) is 137 Å². The standard InChI is InChI=1S/C41H34ClN9O9S4/c1-25(35(23-43)39(44)46-30-16-20-33(21-17-30)63(54,55)59-3)36(24-45-29-14-18-32(19-15-29)62(52,53)58-2)49-51-41-47-38(27-8-11-28(42)12-9-27)40(61-41)50-48-31-13-10-26-6-5-7-37(34(26)22-31)64(56,57)60-4/h5-22,24,45H,1-4H3,(H2,44,46)/b35-25-,36-24-,50-48?,51-49?. The Morgan fingerprint density at radius 1 is 0.781 bits per heavy atom. The molecule has 0 aliphatic rings. The molecule has 0 aliphatic heterocycles. The third kappa shape index (κ3) is 11.0. The molecule has 0 fully saturated rings. The van der Waals surface area contributed by atoms with E-state index in [1.165, 1.54) is 67.7 Å². The van der Waals surface area contributed by atoms with Crippen LogP contribution in [0.25, 0.3) is 22.0 Å². The Morgan fingerprint density at radius 3 is 1.98 bits per heavy atom. The number of nitriles is 1. The van der Waals surface area contributed by atoms with Gasteiger partial charge in [0.1, 0.15) is 28.2 Å². The highest BCUT2D eigenvalue weighted by Crippen LogP contribution is 2.41. The van der Waals surface area contributed by atoms with E-state index < -0.39 is 30.4 Å². The first kappa shape index (κ1) is 46.9. The minimum absolute atomic E-state index is 0.0367. The molecule has 1 heterocycles. The monoisotopic (exact) mass is 959 g/mol. The van der Waals surface area contributed by atoms with Crippen molar-refractivity contribution in [1.82, 2.24) is 4.98 Å². The fourth-order valence-electron chi connectivity index (χ4n) is 5.65. The van der Waals surface area contributed by atoms with E-state index in [0.29, 0.717) is 49.1 Å². The zero-order chi connectivity index (χ0) is 46.2. The summed E-state index contributed by atoms with van der Waals surface area (Å²) in [5.41, 5.74) is 2.03. The van der Waals surface area contributed by atoms with Gasteiger partial charge in [-0.25, -0.2) is 4.98 Å². The second kappa shape index (κ2) is 19.9. The number of hydrogen-bond donors (Lipinski definition) is 3. The van der Waals surface area contributed by atoms with Gasteiger partial charge in [-0.05, 0) is 96.7 Å². The highest BCUT2D eigenvalue weighted by Gasteiger charge is 2.20. The fraction of sp³-hybridized carbons (Fsp3) is 0.0976. The third-order valence-corrected chi connectivity index (χ3v) is 14.0. The van der Waals surface area contributed by atoms with Gasteiger partial charge in [0, 0.05) is 33.5 Å². The molecule has 0 unspecified atom stereocenters. The van der Waals surface area contributed by atoms with Crippen LogP contribution in [0.1, 0.15) is 6.92 Å². The molecule has 0 saturated carbocycles. The molecule has 5 aromatic carbocycles. The number of aromatic nitrogens is 1. The Balaban J connectivity index is 1.39. The Morgan fingerprint density at radius 2 is 1.39 bits per heavy atom. The Bertz CT molecular complexity index is 3260.